The lowest BCUT2D eigenvalue weighted by atomic mass is 10.1. The van der Waals surface area contributed by atoms with Crippen molar-refractivity contribution < 1.29 is 13.9 Å². The van der Waals surface area contributed by atoms with Crippen molar-refractivity contribution in [3.8, 4) is 0 Å². The van der Waals surface area contributed by atoms with Crippen LogP contribution in [-0.4, -0.2) is 44.2 Å². The van der Waals surface area contributed by atoms with Gasteiger partial charge in [-0.05, 0) is 35.9 Å². The smallest absolute Gasteiger partial charge is 0.253 e. The number of carbonyl (C=O) groups excluding carboxylic acids is 1. The second kappa shape index (κ2) is 7.45. The van der Waals surface area contributed by atoms with Crippen molar-refractivity contribution in [3.63, 3.8) is 0 Å². The Labute approximate surface area is 141 Å². The Bertz CT molecular complexity index is 697. The molecule has 1 fully saturated rings. The molecule has 0 unspecified atom stereocenters. The number of amides is 1. The van der Waals surface area contributed by atoms with Crippen LogP contribution < -0.4 is 4.90 Å². The quantitative estimate of drug-likeness (QED) is 0.865. The van der Waals surface area contributed by atoms with Crippen LogP contribution in [-0.2, 0) is 11.3 Å². The zero-order chi connectivity index (χ0) is 16.9. The van der Waals surface area contributed by atoms with Crippen LogP contribution in [0.4, 0.5) is 10.1 Å². The van der Waals surface area contributed by atoms with E-state index >= 15 is 0 Å². The summed E-state index contributed by atoms with van der Waals surface area (Å²) in [5, 5.41) is 0. The molecule has 0 spiro atoms. The van der Waals surface area contributed by atoms with Gasteiger partial charge >= 0.3 is 0 Å². The number of benzene rings is 2. The largest absolute Gasteiger partial charge is 0.378 e. The third-order valence-corrected chi connectivity index (χ3v) is 4.15. The lowest BCUT2D eigenvalue weighted by Gasteiger charge is -2.29. The van der Waals surface area contributed by atoms with Gasteiger partial charge in [0.25, 0.3) is 5.91 Å². The highest BCUT2D eigenvalue weighted by atomic mass is 19.1. The fraction of sp³-hybridized carbons (Fsp3) is 0.316. The van der Waals surface area contributed by atoms with E-state index < -0.39 is 5.82 Å². The van der Waals surface area contributed by atoms with Gasteiger partial charge in [0, 0.05) is 37.9 Å². The topological polar surface area (TPSA) is 32.8 Å². The van der Waals surface area contributed by atoms with Gasteiger partial charge in [-0.3, -0.25) is 4.79 Å². The lowest BCUT2D eigenvalue weighted by molar-refractivity contribution is 0.0784. The molecule has 0 radical (unpaired) electrons. The first-order valence-electron chi connectivity index (χ1n) is 8.06. The summed E-state index contributed by atoms with van der Waals surface area (Å²) in [6, 6.07) is 14.0. The molecule has 1 amide bonds. The minimum absolute atomic E-state index is 0.188. The van der Waals surface area contributed by atoms with Crippen LogP contribution in [0.5, 0.6) is 0 Å². The molecule has 0 N–H and O–H groups in total. The average Bonchev–Trinajstić information content (AvgIpc) is 2.62. The van der Waals surface area contributed by atoms with Gasteiger partial charge < -0.3 is 14.5 Å². The van der Waals surface area contributed by atoms with Crippen molar-refractivity contribution in [2.24, 2.45) is 0 Å². The van der Waals surface area contributed by atoms with Gasteiger partial charge in [0.2, 0.25) is 0 Å². The normalized spacial score (nSPS) is 14.5. The molecule has 5 heteroatoms. The maximum absolute atomic E-state index is 13.3. The van der Waals surface area contributed by atoms with Crippen LogP contribution in [0, 0.1) is 5.82 Å². The number of halogens is 1. The molecule has 2 aromatic carbocycles. The van der Waals surface area contributed by atoms with E-state index in [0.29, 0.717) is 12.1 Å². The lowest BCUT2D eigenvalue weighted by Crippen LogP contribution is -2.36. The fourth-order valence-corrected chi connectivity index (χ4v) is 2.82. The summed E-state index contributed by atoms with van der Waals surface area (Å²) >= 11 is 0. The summed E-state index contributed by atoms with van der Waals surface area (Å²) in [7, 11) is 1.73. The number of carbonyl (C=O) groups is 1. The van der Waals surface area contributed by atoms with E-state index in [9.17, 15) is 9.18 Å². The van der Waals surface area contributed by atoms with Crippen molar-refractivity contribution in [1.82, 2.24) is 4.90 Å². The monoisotopic (exact) mass is 328 g/mol. The molecule has 126 valence electrons. The van der Waals surface area contributed by atoms with Gasteiger partial charge in [0.05, 0.1) is 13.2 Å². The molecule has 1 heterocycles. The predicted octanol–water partition coefficient (Wildman–Crippen LogP) is 2.93. The first-order chi connectivity index (χ1) is 11.6. The number of ether oxygens (including phenoxy) is 1. The first kappa shape index (κ1) is 16.5. The van der Waals surface area contributed by atoms with E-state index in [1.165, 1.54) is 17.8 Å². The SMILES string of the molecule is CN(Cc1ccc(N2CCOCC2)cc1)C(=O)c1cccc(F)c1. The van der Waals surface area contributed by atoms with Gasteiger partial charge in [0.15, 0.2) is 0 Å². The Morgan fingerprint density at radius 1 is 1.17 bits per heavy atom. The van der Waals surface area contributed by atoms with Gasteiger partial charge in [-0.1, -0.05) is 18.2 Å². The summed E-state index contributed by atoms with van der Waals surface area (Å²) in [5.74, 6) is -0.587. The Balaban J connectivity index is 1.63. The predicted molar refractivity (Wildman–Crippen MR) is 91.7 cm³/mol. The van der Waals surface area contributed by atoms with Gasteiger partial charge in [-0.2, -0.15) is 0 Å². The number of anilines is 1. The molecule has 2 aromatic rings. The Hall–Kier alpha value is -2.40. The standard InChI is InChI=1S/C19H21FN2O2/c1-21(19(23)16-3-2-4-17(20)13-16)14-15-5-7-18(8-6-15)22-9-11-24-12-10-22/h2-8,13H,9-12,14H2,1H3. The highest BCUT2D eigenvalue weighted by Gasteiger charge is 2.14. The Kier molecular flexibility index (Phi) is 5.11. The number of hydrogen-bond acceptors (Lipinski definition) is 3. The van der Waals surface area contributed by atoms with E-state index in [4.69, 9.17) is 4.74 Å². The fourth-order valence-electron chi connectivity index (χ4n) is 2.82. The van der Waals surface area contributed by atoms with Crippen LogP contribution in [0.1, 0.15) is 15.9 Å². The Morgan fingerprint density at radius 2 is 1.88 bits per heavy atom. The summed E-state index contributed by atoms with van der Waals surface area (Å²) < 4.78 is 18.6. The number of nitrogens with zero attached hydrogens (tertiary/aromatic N) is 2. The molecule has 1 aliphatic rings. The van der Waals surface area contributed by atoms with Crippen LogP contribution in [0.25, 0.3) is 0 Å². The molecular formula is C19H21FN2O2. The zero-order valence-electron chi connectivity index (χ0n) is 13.7. The van der Waals surface area contributed by atoms with Crippen molar-refractivity contribution in [2.75, 3.05) is 38.3 Å². The zero-order valence-corrected chi connectivity index (χ0v) is 13.7. The summed E-state index contributed by atoms with van der Waals surface area (Å²) in [6.07, 6.45) is 0. The molecule has 1 saturated heterocycles. The van der Waals surface area contributed by atoms with Crippen LogP contribution >= 0.6 is 0 Å². The van der Waals surface area contributed by atoms with Gasteiger partial charge in [-0.15, -0.1) is 0 Å². The second-order valence-electron chi connectivity index (χ2n) is 5.94. The third kappa shape index (κ3) is 3.92. The van der Waals surface area contributed by atoms with E-state index in [1.807, 2.05) is 12.1 Å². The van der Waals surface area contributed by atoms with Crippen molar-refractivity contribution in [1.29, 1.82) is 0 Å². The van der Waals surface area contributed by atoms with E-state index in [-0.39, 0.29) is 5.91 Å². The first-order valence-corrected chi connectivity index (χ1v) is 8.06. The van der Waals surface area contributed by atoms with Gasteiger partial charge in [0.1, 0.15) is 5.82 Å². The molecule has 4 nitrogen and oxygen atoms in total. The van der Waals surface area contributed by atoms with E-state index in [1.54, 1.807) is 24.1 Å². The Morgan fingerprint density at radius 3 is 2.54 bits per heavy atom. The molecule has 0 atom stereocenters. The van der Waals surface area contributed by atoms with E-state index in [0.717, 1.165) is 31.9 Å². The molecule has 0 bridgehead atoms. The third-order valence-electron chi connectivity index (χ3n) is 4.15. The molecule has 0 aromatic heterocycles. The minimum Gasteiger partial charge on any atom is -0.378 e. The number of hydrogen-bond donors (Lipinski definition) is 0. The van der Waals surface area contributed by atoms with Crippen LogP contribution in [0.15, 0.2) is 48.5 Å². The molecule has 1 aliphatic heterocycles. The molecule has 0 saturated carbocycles. The van der Waals surface area contributed by atoms with Crippen molar-refractivity contribution >= 4 is 11.6 Å². The van der Waals surface area contributed by atoms with Crippen LogP contribution in [0.3, 0.4) is 0 Å². The minimum atomic E-state index is -0.399. The van der Waals surface area contributed by atoms with Crippen molar-refractivity contribution in [2.45, 2.75) is 6.54 Å². The highest BCUT2D eigenvalue weighted by molar-refractivity contribution is 5.94. The summed E-state index contributed by atoms with van der Waals surface area (Å²) in [4.78, 5) is 16.2. The maximum Gasteiger partial charge on any atom is 0.253 e. The van der Waals surface area contributed by atoms with Crippen molar-refractivity contribution in [3.05, 3.63) is 65.5 Å². The number of morpholine rings is 1. The second-order valence-corrected chi connectivity index (χ2v) is 5.94. The van der Waals surface area contributed by atoms with Crippen LogP contribution in [0.2, 0.25) is 0 Å². The van der Waals surface area contributed by atoms with E-state index in [2.05, 4.69) is 17.0 Å². The number of rotatable bonds is 4. The summed E-state index contributed by atoms with van der Waals surface area (Å²) in [6.45, 7) is 3.80. The molecule has 3 rings (SSSR count). The molecular weight excluding hydrogens is 307 g/mol. The van der Waals surface area contributed by atoms with Gasteiger partial charge in [-0.25, -0.2) is 4.39 Å². The maximum atomic E-state index is 13.3. The summed E-state index contributed by atoms with van der Waals surface area (Å²) in [5.41, 5.74) is 2.57. The molecule has 0 aliphatic carbocycles. The average molecular weight is 328 g/mol. The highest BCUT2D eigenvalue weighted by Crippen LogP contribution is 2.18. The molecule has 24 heavy (non-hydrogen) atoms.